The Bertz CT molecular complexity index is 575. The van der Waals surface area contributed by atoms with Crippen LogP contribution in [-0.2, 0) is 6.42 Å². The molecule has 1 unspecified atom stereocenters. The molecule has 2 rings (SSSR count). The van der Waals surface area contributed by atoms with Crippen molar-refractivity contribution in [3.63, 3.8) is 0 Å². The molecular formula is C19H25NO. The zero-order valence-corrected chi connectivity index (χ0v) is 13.4. The van der Waals surface area contributed by atoms with Crippen LogP contribution in [0.4, 0.5) is 0 Å². The van der Waals surface area contributed by atoms with Crippen LogP contribution in [0.2, 0.25) is 0 Å². The molecule has 2 aromatic carbocycles. The van der Waals surface area contributed by atoms with Gasteiger partial charge in [0.1, 0.15) is 12.4 Å². The summed E-state index contributed by atoms with van der Waals surface area (Å²) in [5.74, 6) is 0.928. The van der Waals surface area contributed by atoms with Crippen molar-refractivity contribution in [3.8, 4) is 5.75 Å². The van der Waals surface area contributed by atoms with Crippen molar-refractivity contribution in [2.45, 2.75) is 33.2 Å². The third-order valence-corrected chi connectivity index (χ3v) is 3.90. The molecule has 0 aliphatic heterocycles. The first-order valence-corrected chi connectivity index (χ1v) is 7.60. The maximum atomic E-state index is 5.94. The van der Waals surface area contributed by atoms with Gasteiger partial charge in [0.05, 0.1) is 6.04 Å². The topological polar surface area (TPSA) is 21.3 Å². The van der Waals surface area contributed by atoms with E-state index >= 15 is 0 Å². The van der Waals surface area contributed by atoms with Gasteiger partial charge in [-0.05, 0) is 56.1 Å². The summed E-state index contributed by atoms with van der Waals surface area (Å²) < 4.78 is 5.94. The van der Waals surface area contributed by atoms with E-state index in [0.717, 1.165) is 12.2 Å². The minimum Gasteiger partial charge on any atom is -0.492 e. The largest absolute Gasteiger partial charge is 0.492 e. The van der Waals surface area contributed by atoms with Crippen molar-refractivity contribution in [1.29, 1.82) is 0 Å². The van der Waals surface area contributed by atoms with Crippen LogP contribution >= 0.6 is 0 Å². The number of nitrogens with one attached hydrogen (secondary N) is 1. The van der Waals surface area contributed by atoms with Crippen LogP contribution in [0, 0.1) is 13.8 Å². The quantitative estimate of drug-likeness (QED) is 0.857. The van der Waals surface area contributed by atoms with Gasteiger partial charge in [-0.15, -0.1) is 0 Å². The van der Waals surface area contributed by atoms with E-state index in [1.54, 1.807) is 0 Å². The van der Waals surface area contributed by atoms with Crippen LogP contribution in [0.15, 0.2) is 42.5 Å². The number of likely N-dealkylation sites (N-methyl/N-ethyl adjacent to an activating group) is 1. The second kappa shape index (κ2) is 7.28. The summed E-state index contributed by atoms with van der Waals surface area (Å²) in [6.45, 7) is 7.07. The summed E-state index contributed by atoms with van der Waals surface area (Å²) in [5, 5.41) is 3.35. The maximum Gasteiger partial charge on any atom is 0.119 e. The Morgan fingerprint density at radius 1 is 1.05 bits per heavy atom. The highest BCUT2D eigenvalue weighted by molar-refractivity contribution is 5.33. The number of ether oxygens (including phenoxy) is 1. The molecule has 0 saturated carbocycles. The Morgan fingerprint density at radius 2 is 1.76 bits per heavy atom. The molecule has 0 aromatic heterocycles. The monoisotopic (exact) mass is 283 g/mol. The average Bonchev–Trinajstić information content (AvgIpc) is 2.50. The molecule has 0 spiro atoms. The normalized spacial score (nSPS) is 12.2. The fraction of sp³-hybridized carbons (Fsp3) is 0.368. The Morgan fingerprint density at radius 3 is 2.33 bits per heavy atom. The van der Waals surface area contributed by atoms with E-state index in [1.807, 2.05) is 19.2 Å². The first kappa shape index (κ1) is 15.6. The lowest BCUT2D eigenvalue weighted by Crippen LogP contribution is -2.24. The standard InChI is InChI=1S/C19H25NO/c1-5-16-7-9-17(10-8-16)21-13-19(20-4)18-11-6-14(2)12-15(18)3/h6-12,19-20H,5,13H2,1-4H3. The van der Waals surface area contributed by atoms with E-state index in [0.29, 0.717) is 6.61 Å². The van der Waals surface area contributed by atoms with Gasteiger partial charge < -0.3 is 10.1 Å². The first-order chi connectivity index (χ1) is 10.1. The van der Waals surface area contributed by atoms with E-state index < -0.39 is 0 Å². The number of hydrogen-bond acceptors (Lipinski definition) is 2. The number of rotatable bonds is 6. The van der Waals surface area contributed by atoms with E-state index in [1.165, 1.54) is 22.3 Å². The van der Waals surface area contributed by atoms with E-state index in [-0.39, 0.29) is 6.04 Å². The Kier molecular flexibility index (Phi) is 5.40. The van der Waals surface area contributed by atoms with Gasteiger partial charge in [-0.3, -0.25) is 0 Å². The molecular weight excluding hydrogens is 258 g/mol. The summed E-state index contributed by atoms with van der Waals surface area (Å²) in [6.07, 6.45) is 1.06. The number of hydrogen-bond donors (Lipinski definition) is 1. The second-order valence-electron chi connectivity index (χ2n) is 5.51. The van der Waals surface area contributed by atoms with Crippen molar-refractivity contribution in [3.05, 3.63) is 64.7 Å². The molecule has 0 amide bonds. The number of aryl methyl sites for hydroxylation is 3. The van der Waals surface area contributed by atoms with Crippen LogP contribution in [0.1, 0.15) is 35.2 Å². The van der Waals surface area contributed by atoms with Gasteiger partial charge in [-0.25, -0.2) is 0 Å². The lowest BCUT2D eigenvalue weighted by Gasteiger charge is -2.20. The minimum atomic E-state index is 0.205. The van der Waals surface area contributed by atoms with Crippen molar-refractivity contribution >= 4 is 0 Å². The molecule has 2 nitrogen and oxygen atoms in total. The van der Waals surface area contributed by atoms with Crippen LogP contribution < -0.4 is 10.1 Å². The molecule has 0 radical (unpaired) electrons. The predicted molar refractivity (Wildman–Crippen MR) is 89.0 cm³/mol. The SMILES string of the molecule is CCc1ccc(OCC(NC)c2ccc(C)cc2C)cc1. The Labute approximate surface area is 128 Å². The maximum absolute atomic E-state index is 5.94. The zero-order chi connectivity index (χ0) is 15.2. The minimum absolute atomic E-state index is 0.205. The zero-order valence-electron chi connectivity index (χ0n) is 13.4. The summed E-state index contributed by atoms with van der Waals surface area (Å²) in [6, 6.07) is 15.1. The second-order valence-corrected chi connectivity index (χ2v) is 5.51. The van der Waals surface area contributed by atoms with Crippen molar-refractivity contribution in [2.75, 3.05) is 13.7 Å². The Hall–Kier alpha value is -1.80. The van der Waals surface area contributed by atoms with E-state index in [4.69, 9.17) is 4.74 Å². The molecule has 21 heavy (non-hydrogen) atoms. The summed E-state index contributed by atoms with van der Waals surface area (Å²) in [7, 11) is 1.98. The summed E-state index contributed by atoms with van der Waals surface area (Å²) in [4.78, 5) is 0. The molecule has 0 saturated heterocycles. The van der Waals surface area contributed by atoms with Gasteiger partial charge in [-0.1, -0.05) is 42.8 Å². The van der Waals surface area contributed by atoms with Gasteiger partial charge in [0.15, 0.2) is 0 Å². The van der Waals surface area contributed by atoms with Crippen LogP contribution in [0.5, 0.6) is 5.75 Å². The average molecular weight is 283 g/mol. The molecule has 2 aromatic rings. The van der Waals surface area contributed by atoms with Crippen molar-refractivity contribution in [2.24, 2.45) is 0 Å². The van der Waals surface area contributed by atoms with Gasteiger partial charge in [-0.2, -0.15) is 0 Å². The van der Waals surface area contributed by atoms with Gasteiger partial charge in [0.2, 0.25) is 0 Å². The Balaban J connectivity index is 2.04. The van der Waals surface area contributed by atoms with Crippen molar-refractivity contribution < 1.29 is 4.74 Å². The first-order valence-electron chi connectivity index (χ1n) is 7.60. The van der Waals surface area contributed by atoms with Gasteiger partial charge >= 0.3 is 0 Å². The lowest BCUT2D eigenvalue weighted by molar-refractivity contribution is 0.272. The molecule has 112 valence electrons. The summed E-state index contributed by atoms with van der Waals surface area (Å²) >= 11 is 0. The molecule has 2 heteroatoms. The predicted octanol–water partition coefficient (Wildman–Crippen LogP) is 4.21. The molecule has 0 bridgehead atoms. The third-order valence-electron chi connectivity index (χ3n) is 3.90. The molecule has 0 heterocycles. The van der Waals surface area contributed by atoms with E-state index in [9.17, 15) is 0 Å². The smallest absolute Gasteiger partial charge is 0.119 e. The molecule has 0 aliphatic carbocycles. The molecule has 1 N–H and O–H groups in total. The van der Waals surface area contributed by atoms with Crippen LogP contribution in [0.25, 0.3) is 0 Å². The van der Waals surface area contributed by atoms with Crippen molar-refractivity contribution in [1.82, 2.24) is 5.32 Å². The third kappa shape index (κ3) is 4.08. The van der Waals surface area contributed by atoms with Gasteiger partial charge in [0.25, 0.3) is 0 Å². The highest BCUT2D eigenvalue weighted by Gasteiger charge is 2.12. The van der Waals surface area contributed by atoms with Crippen LogP contribution in [0.3, 0.4) is 0 Å². The highest BCUT2D eigenvalue weighted by Crippen LogP contribution is 2.21. The molecule has 0 aliphatic rings. The van der Waals surface area contributed by atoms with Crippen LogP contribution in [-0.4, -0.2) is 13.7 Å². The van der Waals surface area contributed by atoms with E-state index in [2.05, 4.69) is 56.4 Å². The number of benzene rings is 2. The van der Waals surface area contributed by atoms with Gasteiger partial charge in [0, 0.05) is 0 Å². The lowest BCUT2D eigenvalue weighted by atomic mass is 10.00. The summed E-state index contributed by atoms with van der Waals surface area (Å²) in [5.41, 5.74) is 5.23. The highest BCUT2D eigenvalue weighted by atomic mass is 16.5. The molecule has 0 fully saturated rings. The fourth-order valence-corrected chi connectivity index (χ4v) is 2.55. The fourth-order valence-electron chi connectivity index (χ4n) is 2.55. The molecule has 1 atom stereocenters.